The maximum atomic E-state index is 13.1. The smallest absolute Gasteiger partial charge is 0.418 e. The highest BCUT2D eigenvalue weighted by Crippen LogP contribution is 2.37. The molecule has 0 amide bonds. The number of hydrogen-bond acceptors (Lipinski definition) is 3. The van der Waals surface area contributed by atoms with E-state index in [4.69, 9.17) is 5.73 Å². The van der Waals surface area contributed by atoms with Gasteiger partial charge in [0.1, 0.15) is 6.04 Å². The molecule has 1 aromatic heterocycles. The van der Waals surface area contributed by atoms with Gasteiger partial charge in [-0.3, -0.25) is 0 Å². The molecular formula is C14H15F3N2O2. The monoisotopic (exact) mass is 300 g/mol. The summed E-state index contributed by atoms with van der Waals surface area (Å²) in [6, 6.07) is 4.28. The van der Waals surface area contributed by atoms with Crippen molar-refractivity contribution in [2.45, 2.75) is 25.7 Å². The minimum Gasteiger partial charge on any atom is -0.468 e. The van der Waals surface area contributed by atoms with Crippen LogP contribution in [0.25, 0.3) is 10.9 Å². The summed E-state index contributed by atoms with van der Waals surface area (Å²) in [5, 5.41) is 0.390. The van der Waals surface area contributed by atoms with Crippen molar-refractivity contribution in [3.05, 3.63) is 35.5 Å². The van der Waals surface area contributed by atoms with Crippen molar-refractivity contribution in [2.75, 3.05) is 7.11 Å². The summed E-state index contributed by atoms with van der Waals surface area (Å²) in [4.78, 5) is 11.6. The first kappa shape index (κ1) is 15.4. The SMILES string of the molecule is CCn1c(C(N)C(=O)OC)cc2cccc(C(F)(F)F)c21. The molecule has 0 saturated carbocycles. The Bertz CT molecular complexity index is 677. The number of esters is 1. The molecule has 1 unspecified atom stereocenters. The topological polar surface area (TPSA) is 57.2 Å². The minimum absolute atomic E-state index is 0.0295. The average molecular weight is 300 g/mol. The van der Waals surface area contributed by atoms with Gasteiger partial charge in [0.2, 0.25) is 0 Å². The molecule has 1 atom stereocenters. The molecule has 1 heterocycles. The molecule has 0 fully saturated rings. The molecule has 21 heavy (non-hydrogen) atoms. The van der Waals surface area contributed by atoms with Crippen LogP contribution >= 0.6 is 0 Å². The van der Waals surface area contributed by atoms with Crippen LogP contribution < -0.4 is 5.73 Å². The molecule has 2 N–H and O–H groups in total. The Morgan fingerprint density at radius 3 is 2.62 bits per heavy atom. The number of hydrogen-bond donors (Lipinski definition) is 1. The van der Waals surface area contributed by atoms with E-state index in [1.165, 1.54) is 23.8 Å². The number of fused-ring (bicyclic) bond motifs is 1. The number of alkyl halides is 3. The lowest BCUT2D eigenvalue weighted by Gasteiger charge is -2.15. The fourth-order valence-electron chi connectivity index (χ4n) is 2.42. The van der Waals surface area contributed by atoms with E-state index in [2.05, 4.69) is 4.74 Å². The van der Waals surface area contributed by atoms with Crippen molar-refractivity contribution in [1.29, 1.82) is 0 Å². The zero-order valence-electron chi connectivity index (χ0n) is 11.6. The number of aromatic nitrogens is 1. The van der Waals surface area contributed by atoms with Crippen LogP contribution in [0, 0.1) is 0 Å². The van der Waals surface area contributed by atoms with Crippen LogP contribution in [-0.2, 0) is 22.3 Å². The summed E-state index contributed by atoms with van der Waals surface area (Å²) in [5.41, 5.74) is 5.36. The Morgan fingerprint density at radius 2 is 2.10 bits per heavy atom. The number of rotatable bonds is 3. The number of para-hydroxylation sites is 1. The molecule has 0 aliphatic carbocycles. The number of nitrogens with two attached hydrogens (primary N) is 1. The van der Waals surface area contributed by atoms with E-state index < -0.39 is 23.8 Å². The Hall–Kier alpha value is -2.02. The van der Waals surface area contributed by atoms with Crippen LogP contribution in [0.5, 0.6) is 0 Å². The quantitative estimate of drug-likeness (QED) is 0.887. The lowest BCUT2D eigenvalue weighted by Crippen LogP contribution is -2.25. The van der Waals surface area contributed by atoms with E-state index in [0.717, 1.165) is 6.07 Å². The van der Waals surface area contributed by atoms with Crippen molar-refractivity contribution in [3.63, 3.8) is 0 Å². The zero-order valence-corrected chi connectivity index (χ0v) is 11.6. The Balaban J connectivity index is 2.74. The van der Waals surface area contributed by atoms with Gasteiger partial charge in [0.15, 0.2) is 0 Å². The predicted molar refractivity (Wildman–Crippen MR) is 71.6 cm³/mol. The molecule has 0 aliphatic rings. The normalized spacial score (nSPS) is 13.4. The van der Waals surface area contributed by atoms with Gasteiger partial charge in [-0.25, -0.2) is 4.79 Å². The van der Waals surface area contributed by atoms with Crippen LogP contribution in [-0.4, -0.2) is 17.6 Å². The van der Waals surface area contributed by atoms with Crippen molar-refractivity contribution in [3.8, 4) is 0 Å². The molecule has 2 rings (SSSR count). The van der Waals surface area contributed by atoms with E-state index in [1.54, 1.807) is 13.0 Å². The third kappa shape index (κ3) is 2.61. The van der Waals surface area contributed by atoms with Crippen molar-refractivity contribution in [1.82, 2.24) is 4.57 Å². The van der Waals surface area contributed by atoms with Gasteiger partial charge in [-0.15, -0.1) is 0 Å². The predicted octanol–water partition coefficient (Wildman–Crippen LogP) is 2.85. The largest absolute Gasteiger partial charge is 0.468 e. The van der Waals surface area contributed by atoms with Gasteiger partial charge in [0, 0.05) is 17.6 Å². The van der Waals surface area contributed by atoms with Gasteiger partial charge in [-0.05, 0) is 19.1 Å². The van der Waals surface area contributed by atoms with Crippen LogP contribution in [0.15, 0.2) is 24.3 Å². The first-order chi connectivity index (χ1) is 9.81. The molecular weight excluding hydrogens is 285 g/mol. The lowest BCUT2D eigenvalue weighted by molar-refractivity contribution is -0.142. The highest BCUT2D eigenvalue weighted by Gasteiger charge is 2.34. The Kier molecular flexibility index (Phi) is 3.95. The number of methoxy groups -OCH3 is 1. The fraction of sp³-hybridized carbons (Fsp3) is 0.357. The van der Waals surface area contributed by atoms with Gasteiger partial charge in [-0.1, -0.05) is 12.1 Å². The maximum absolute atomic E-state index is 13.1. The molecule has 114 valence electrons. The molecule has 0 spiro atoms. The summed E-state index contributed by atoms with van der Waals surface area (Å²) < 4.78 is 45.4. The standard InChI is InChI=1S/C14H15F3N2O2/c1-3-19-10(11(18)13(20)21-2)7-8-5-4-6-9(12(8)19)14(15,16)17/h4-7,11H,3,18H2,1-2H3. The first-order valence-electron chi connectivity index (χ1n) is 6.34. The zero-order chi connectivity index (χ0) is 15.8. The summed E-state index contributed by atoms with van der Waals surface area (Å²) in [6.45, 7) is 1.96. The summed E-state index contributed by atoms with van der Waals surface area (Å²) in [7, 11) is 1.18. The van der Waals surface area contributed by atoms with Gasteiger partial charge in [0.05, 0.1) is 18.2 Å². The van der Waals surface area contributed by atoms with Crippen molar-refractivity contribution < 1.29 is 22.7 Å². The number of ether oxygens (including phenoxy) is 1. The van der Waals surface area contributed by atoms with E-state index in [9.17, 15) is 18.0 Å². The highest BCUT2D eigenvalue weighted by molar-refractivity contribution is 5.87. The maximum Gasteiger partial charge on any atom is 0.418 e. The molecule has 0 aliphatic heterocycles. The van der Waals surface area contributed by atoms with Gasteiger partial charge >= 0.3 is 12.1 Å². The second-order valence-corrected chi connectivity index (χ2v) is 4.56. The van der Waals surface area contributed by atoms with Crippen molar-refractivity contribution >= 4 is 16.9 Å². The van der Waals surface area contributed by atoms with Crippen LogP contribution in [0.2, 0.25) is 0 Å². The number of benzene rings is 1. The van der Waals surface area contributed by atoms with Crippen LogP contribution in [0.1, 0.15) is 24.2 Å². The molecule has 4 nitrogen and oxygen atoms in total. The van der Waals surface area contributed by atoms with Gasteiger partial charge in [-0.2, -0.15) is 13.2 Å². The van der Waals surface area contributed by atoms with Gasteiger partial charge in [0.25, 0.3) is 0 Å². The third-order valence-corrected chi connectivity index (χ3v) is 3.35. The number of carbonyl (C=O) groups is 1. The minimum atomic E-state index is -4.47. The second kappa shape index (κ2) is 5.40. The highest BCUT2D eigenvalue weighted by atomic mass is 19.4. The first-order valence-corrected chi connectivity index (χ1v) is 6.34. The van der Waals surface area contributed by atoms with E-state index in [-0.39, 0.29) is 12.1 Å². The molecule has 7 heteroatoms. The summed E-state index contributed by atoms with van der Waals surface area (Å²) in [6.07, 6.45) is -4.47. The summed E-state index contributed by atoms with van der Waals surface area (Å²) >= 11 is 0. The second-order valence-electron chi connectivity index (χ2n) is 4.56. The van der Waals surface area contributed by atoms with Gasteiger partial charge < -0.3 is 15.0 Å². The molecule has 0 saturated heterocycles. The molecule has 0 bridgehead atoms. The summed E-state index contributed by atoms with van der Waals surface area (Å²) in [5.74, 6) is -0.693. The average Bonchev–Trinajstić information content (AvgIpc) is 2.82. The molecule has 2 aromatic rings. The fourth-order valence-corrected chi connectivity index (χ4v) is 2.42. The Morgan fingerprint density at radius 1 is 1.43 bits per heavy atom. The number of carbonyl (C=O) groups excluding carboxylic acids is 1. The third-order valence-electron chi connectivity index (χ3n) is 3.35. The lowest BCUT2D eigenvalue weighted by atomic mass is 10.1. The number of aryl methyl sites for hydroxylation is 1. The Labute approximate surface area is 119 Å². The molecule has 0 radical (unpaired) electrons. The molecule has 1 aromatic carbocycles. The number of nitrogens with zero attached hydrogens (tertiary/aromatic N) is 1. The number of halogens is 3. The van der Waals surface area contributed by atoms with Crippen molar-refractivity contribution in [2.24, 2.45) is 5.73 Å². The van der Waals surface area contributed by atoms with Crippen LogP contribution in [0.3, 0.4) is 0 Å². The van der Waals surface area contributed by atoms with E-state index in [1.807, 2.05) is 0 Å². The van der Waals surface area contributed by atoms with Crippen LogP contribution in [0.4, 0.5) is 13.2 Å². The van der Waals surface area contributed by atoms with E-state index >= 15 is 0 Å². The van der Waals surface area contributed by atoms with E-state index in [0.29, 0.717) is 11.1 Å².